The van der Waals surface area contributed by atoms with Gasteiger partial charge in [0.15, 0.2) is 0 Å². The van der Waals surface area contributed by atoms with Crippen molar-refractivity contribution >= 4 is 5.82 Å². The van der Waals surface area contributed by atoms with Gasteiger partial charge in [0.25, 0.3) is 0 Å². The Labute approximate surface area is 77.4 Å². The quantitative estimate of drug-likeness (QED) is 0.711. The number of aromatic nitrogens is 1. The zero-order chi connectivity index (χ0) is 9.68. The zero-order valence-electron chi connectivity index (χ0n) is 7.49. The van der Waals surface area contributed by atoms with Gasteiger partial charge >= 0.3 is 0 Å². The SMILES string of the molecule is CC(CN)Nc1ccc(C#N)cn1. The zero-order valence-corrected chi connectivity index (χ0v) is 7.49. The van der Waals surface area contributed by atoms with Crippen LogP contribution >= 0.6 is 0 Å². The molecule has 13 heavy (non-hydrogen) atoms. The maximum absolute atomic E-state index is 8.53. The van der Waals surface area contributed by atoms with Crippen LogP contribution in [0.4, 0.5) is 5.82 Å². The number of anilines is 1. The number of hydrogen-bond donors (Lipinski definition) is 2. The van der Waals surface area contributed by atoms with Crippen LogP contribution in [0.1, 0.15) is 12.5 Å². The monoisotopic (exact) mass is 176 g/mol. The molecule has 0 radical (unpaired) electrons. The highest BCUT2D eigenvalue weighted by Gasteiger charge is 1.99. The van der Waals surface area contributed by atoms with Crippen LogP contribution in [0.15, 0.2) is 18.3 Å². The van der Waals surface area contributed by atoms with Gasteiger partial charge < -0.3 is 11.1 Å². The van der Waals surface area contributed by atoms with Crippen molar-refractivity contribution in [2.24, 2.45) is 5.73 Å². The lowest BCUT2D eigenvalue weighted by atomic mass is 10.3. The normalized spacial score (nSPS) is 11.8. The topological polar surface area (TPSA) is 74.7 Å². The van der Waals surface area contributed by atoms with Crippen LogP contribution in [0.3, 0.4) is 0 Å². The third kappa shape index (κ3) is 2.73. The van der Waals surface area contributed by atoms with E-state index in [0.29, 0.717) is 12.1 Å². The van der Waals surface area contributed by atoms with Crippen molar-refractivity contribution in [3.63, 3.8) is 0 Å². The van der Waals surface area contributed by atoms with Gasteiger partial charge in [-0.25, -0.2) is 4.98 Å². The summed E-state index contributed by atoms with van der Waals surface area (Å²) in [6, 6.07) is 5.69. The molecule has 1 atom stereocenters. The molecule has 0 bridgehead atoms. The first-order valence-electron chi connectivity index (χ1n) is 4.09. The van der Waals surface area contributed by atoms with Crippen LogP contribution in [0, 0.1) is 11.3 Å². The van der Waals surface area contributed by atoms with E-state index in [1.165, 1.54) is 6.20 Å². The van der Waals surface area contributed by atoms with Gasteiger partial charge in [0.1, 0.15) is 11.9 Å². The van der Waals surface area contributed by atoms with Crippen LogP contribution in [-0.2, 0) is 0 Å². The predicted octanol–water partition coefficient (Wildman–Crippen LogP) is 0.712. The minimum atomic E-state index is 0.195. The summed E-state index contributed by atoms with van der Waals surface area (Å²) in [5.74, 6) is 0.747. The first-order chi connectivity index (χ1) is 6.26. The molecule has 3 N–H and O–H groups in total. The van der Waals surface area contributed by atoms with Gasteiger partial charge in [0.05, 0.1) is 5.56 Å². The van der Waals surface area contributed by atoms with Crippen molar-refractivity contribution in [1.29, 1.82) is 5.26 Å². The van der Waals surface area contributed by atoms with Crippen molar-refractivity contribution < 1.29 is 0 Å². The molecule has 1 rings (SSSR count). The number of pyridine rings is 1. The Morgan fingerprint density at radius 2 is 2.46 bits per heavy atom. The van der Waals surface area contributed by atoms with Gasteiger partial charge in [0.2, 0.25) is 0 Å². The van der Waals surface area contributed by atoms with Crippen LogP contribution in [-0.4, -0.2) is 17.6 Å². The maximum atomic E-state index is 8.53. The van der Waals surface area contributed by atoms with Gasteiger partial charge in [-0.2, -0.15) is 5.26 Å². The van der Waals surface area contributed by atoms with E-state index in [9.17, 15) is 0 Å². The lowest BCUT2D eigenvalue weighted by molar-refractivity contribution is 0.798. The first-order valence-corrected chi connectivity index (χ1v) is 4.09. The molecule has 0 saturated carbocycles. The molecule has 0 spiro atoms. The van der Waals surface area contributed by atoms with Crippen LogP contribution in [0.25, 0.3) is 0 Å². The van der Waals surface area contributed by atoms with Gasteiger partial charge in [-0.3, -0.25) is 0 Å². The molecule has 1 heterocycles. The van der Waals surface area contributed by atoms with Gasteiger partial charge in [-0.1, -0.05) is 0 Å². The summed E-state index contributed by atoms with van der Waals surface area (Å²) in [5.41, 5.74) is 5.99. The lowest BCUT2D eigenvalue weighted by Crippen LogP contribution is -2.25. The molecule has 1 aromatic heterocycles. The molecule has 68 valence electrons. The summed E-state index contributed by atoms with van der Waals surface area (Å²) in [4.78, 5) is 4.05. The molecule has 0 aliphatic carbocycles. The third-order valence-electron chi connectivity index (χ3n) is 1.64. The fraction of sp³-hybridized carbons (Fsp3) is 0.333. The second-order valence-electron chi connectivity index (χ2n) is 2.83. The molecule has 4 nitrogen and oxygen atoms in total. The number of nitrogens with zero attached hydrogens (tertiary/aromatic N) is 2. The summed E-state index contributed by atoms with van der Waals surface area (Å²) < 4.78 is 0. The third-order valence-corrected chi connectivity index (χ3v) is 1.64. The fourth-order valence-electron chi connectivity index (χ4n) is 0.857. The Morgan fingerprint density at radius 1 is 1.69 bits per heavy atom. The molecule has 0 amide bonds. The molecular formula is C9H12N4. The summed E-state index contributed by atoms with van der Waals surface area (Å²) >= 11 is 0. The molecule has 0 aliphatic rings. The minimum absolute atomic E-state index is 0.195. The van der Waals surface area contributed by atoms with Crippen LogP contribution in [0.5, 0.6) is 0 Å². The Hall–Kier alpha value is -1.60. The van der Waals surface area contributed by atoms with Crippen molar-refractivity contribution in [3.05, 3.63) is 23.9 Å². The van der Waals surface area contributed by atoms with E-state index in [0.717, 1.165) is 5.82 Å². The molecule has 0 saturated heterocycles. The molecule has 0 aliphatic heterocycles. The van der Waals surface area contributed by atoms with E-state index < -0.39 is 0 Å². The number of hydrogen-bond acceptors (Lipinski definition) is 4. The molecule has 1 aromatic rings. The van der Waals surface area contributed by atoms with Crippen molar-refractivity contribution in [3.8, 4) is 6.07 Å². The largest absolute Gasteiger partial charge is 0.366 e. The predicted molar refractivity (Wildman–Crippen MR) is 51.1 cm³/mol. The first kappa shape index (κ1) is 9.49. The maximum Gasteiger partial charge on any atom is 0.126 e. The highest BCUT2D eigenvalue weighted by atomic mass is 15.0. The molecule has 0 aromatic carbocycles. The summed E-state index contributed by atoms with van der Waals surface area (Å²) in [6.45, 7) is 2.53. The average Bonchev–Trinajstić information content (AvgIpc) is 2.19. The Morgan fingerprint density at radius 3 is 2.92 bits per heavy atom. The fourth-order valence-corrected chi connectivity index (χ4v) is 0.857. The summed E-state index contributed by atoms with van der Waals surface area (Å²) in [6.07, 6.45) is 1.53. The number of nitrogens with two attached hydrogens (primary N) is 1. The van der Waals surface area contributed by atoms with Crippen LogP contribution in [0.2, 0.25) is 0 Å². The van der Waals surface area contributed by atoms with E-state index in [2.05, 4.69) is 10.3 Å². The standard InChI is InChI=1S/C9H12N4/c1-7(4-10)13-9-3-2-8(5-11)6-12-9/h2-3,6-7H,4,10H2,1H3,(H,12,13). The average molecular weight is 176 g/mol. The van der Waals surface area contributed by atoms with E-state index >= 15 is 0 Å². The highest BCUT2D eigenvalue weighted by molar-refractivity contribution is 5.39. The minimum Gasteiger partial charge on any atom is -0.366 e. The highest BCUT2D eigenvalue weighted by Crippen LogP contribution is 2.04. The number of nitrogens with one attached hydrogen (secondary N) is 1. The molecule has 1 unspecified atom stereocenters. The van der Waals surface area contributed by atoms with Gasteiger partial charge in [-0.15, -0.1) is 0 Å². The molecular weight excluding hydrogens is 164 g/mol. The Balaban J connectivity index is 2.65. The lowest BCUT2D eigenvalue weighted by Gasteiger charge is -2.11. The van der Waals surface area contributed by atoms with Crippen molar-refractivity contribution in [2.45, 2.75) is 13.0 Å². The van der Waals surface area contributed by atoms with Gasteiger partial charge in [-0.05, 0) is 19.1 Å². The van der Waals surface area contributed by atoms with Gasteiger partial charge in [0, 0.05) is 18.8 Å². The number of rotatable bonds is 3. The van der Waals surface area contributed by atoms with Crippen molar-refractivity contribution in [2.75, 3.05) is 11.9 Å². The van der Waals surface area contributed by atoms with E-state index in [1.54, 1.807) is 12.1 Å². The second kappa shape index (κ2) is 4.43. The smallest absolute Gasteiger partial charge is 0.126 e. The Kier molecular flexibility index (Phi) is 3.23. The Bertz CT molecular complexity index is 298. The molecule has 4 heteroatoms. The second-order valence-corrected chi connectivity index (χ2v) is 2.83. The summed E-state index contributed by atoms with van der Waals surface area (Å²) in [7, 11) is 0. The van der Waals surface area contributed by atoms with E-state index in [4.69, 9.17) is 11.0 Å². The van der Waals surface area contributed by atoms with Crippen molar-refractivity contribution in [1.82, 2.24) is 4.98 Å². The number of nitriles is 1. The molecule has 0 fully saturated rings. The van der Waals surface area contributed by atoms with E-state index in [-0.39, 0.29) is 6.04 Å². The van der Waals surface area contributed by atoms with Crippen LogP contribution < -0.4 is 11.1 Å². The van der Waals surface area contributed by atoms with E-state index in [1.807, 2.05) is 13.0 Å². The summed E-state index contributed by atoms with van der Waals surface area (Å²) in [5, 5.41) is 11.6.